The maximum Gasteiger partial charge on any atom is 0.220 e. The molecule has 1 aliphatic rings. The fourth-order valence-electron chi connectivity index (χ4n) is 3.07. The summed E-state index contributed by atoms with van der Waals surface area (Å²) in [4.78, 5) is 20.5. The van der Waals surface area contributed by atoms with Crippen LogP contribution in [0.2, 0.25) is 0 Å². The van der Waals surface area contributed by atoms with Gasteiger partial charge in [-0.2, -0.15) is 5.10 Å². The van der Waals surface area contributed by atoms with Gasteiger partial charge in [-0.15, -0.1) is 0 Å². The monoisotopic (exact) mass is 329 g/mol. The van der Waals surface area contributed by atoms with E-state index in [1.54, 1.807) is 17.2 Å². The molecular formula is C17H23N5O2. The van der Waals surface area contributed by atoms with Crippen LogP contribution in [0.4, 0.5) is 0 Å². The summed E-state index contributed by atoms with van der Waals surface area (Å²) in [5.74, 6) is 0.360. The van der Waals surface area contributed by atoms with E-state index in [0.29, 0.717) is 25.3 Å². The molecule has 1 amide bonds. The summed E-state index contributed by atoms with van der Waals surface area (Å²) in [6, 6.07) is 5.84. The number of nitrogens with zero attached hydrogens (tertiary/aromatic N) is 4. The Labute approximate surface area is 141 Å². The number of aryl methyl sites for hydroxylation is 1. The van der Waals surface area contributed by atoms with Crippen molar-refractivity contribution in [1.82, 2.24) is 25.1 Å². The summed E-state index contributed by atoms with van der Waals surface area (Å²) >= 11 is 0. The maximum atomic E-state index is 12.3. The van der Waals surface area contributed by atoms with Crippen LogP contribution in [-0.4, -0.2) is 42.9 Å². The zero-order chi connectivity index (χ0) is 16.8. The van der Waals surface area contributed by atoms with E-state index >= 15 is 0 Å². The molecule has 0 unspecified atom stereocenters. The molecule has 24 heavy (non-hydrogen) atoms. The molecule has 2 heterocycles. The van der Waals surface area contributed by atoms with Gasteiger partial charge in [0.05, 0.1) is 6.10 Å². The number of rotatable bonds is 8. The Kier molecular flexibility index (Phi) is 5.53. The van der Waals surface area contributed by atoms with Crippen molar-refractivity contribution in [3.8, 4) is 0 Å². The van der Waals surface area contributed by atoms with Crippen molar-refractivity contribution in [3.05, 3.63) is 42.7 Å². The molecule has 1 aliphatic carbocycles. The van der Waals surface area contributed by atoms with E-state index in [1.807, 2.05) is 18.2 Å². The third-order valence-corrected chi connectivity index (χ3v) is 4.48. The summed E-state index contributed by atoms with van der Waals surface area (Å²) in [5, 5.41) is 16.7. The van der Waals surface area contributed by atoms with Gasteiger partial charge in [0.1, 0.15) is 12.7 Å². The summed E-state index contributed by atoms with van der Waals surface area (Å²) < 4.78 is 1.72. The molecule has 1 saturated carbocycles. The van der Waals surface area contributed by atoms with E-state index in [-0.39, 0.29) is 18.1 Å². The first-order valence-corrected chi connectivity index (χ1v) is 8.40. The first-order valence-electron chi connectivity index (χ1n) is 8.40. The number of carbonyl (C=O) groups excluding carboxylic acids is 1. The minimum Gasteiger partial charge on any atom is -0.393 e. The van der Waals surface area contributed by atoms with Gasteiger partial charge in [0.2, 0.25) is 5.91 Å². The standard InChI is InChI=1S/C17H23N5O2/c23-15-8-13(9-15)16(10-14-4-1-2-6-19-14)21-17(24)5-3-7-22-12-18-11-20-22/h1-2,4,6,11-13,15-16,23H,3,5,7-10H2,(H,21,24)/t13?,15?,16-/m0/s1. The van der Waals surface area contributed by atoms with Gasteiger partial charge in [-0.05, 0) is 37.3 Å². The molecule has 2 aromatic heterocycles. The molecule has 1 atom stereocenters. The molecule has 0 spiro atoms. The van der Waals surface area contributed by atoms with Crippen molar-refractivity contribution in [2.45, 2.75) is 50.8 Å². The van der Waals surface area contributed by atoms with Gasteiger partial charge in [0.15, 0.2) is 0 Å². The van der Waals surface area contributed by atoms with Crippen LogP contribution in [0.1, 0.15) is 31.4 Å². The molecule has 128 valence electrons. The number of aromatic nitrogens is 4. The topological polar surface area (TPSA) is 92.9 Å². The molecule has 3 rings (SSSR count). The maximum absolute atomic E-state index is 12.3. The minimum atomic E-state index is -0.231. The molecule has 2 N–H and O–H groups in total. The van der Waals surface area contributed by atoms with Crippen LogP contribution in [0.5, 0.6) is 0 Å². The lowest BCUT2D eigenvalue weighted by atomic mass is 9.76. The fraction of sp³-hybridized carbons (Fsp3) is 0.529. The molecule has 0 radical (unpaired) electrons. The van der Waals surface area contributed by atoms with Crippen molar-refractivity contribution in [2.75, 3.05) is 0 Å². The summed E-state index contributed by atoms with van der Waals surface area (Å²) in [5.41, 5.74) is 0.965. The van der Waals surface area contributed by atoms with Gasteiger partial charge in [-0.1, -0.05) is 6.07 Å². The van der Waals surface area contributed by atoms with Gasteiger partial charge in [-0.3, -0.25) is 14.5 Å². The molecule has 0 saturated heterocycles. The highest BCUT2D eigenvalue weighted by atomic mass is 16.3. The van der Waals surface area contributed by atoms with Crippen LogP contribution in [-0.2, 0) is 17.8 Å². The molecule has 1 fully saturated rings. The normalized spacial score (nSPS) is 21.0. The van der Waals surface area contributed by atoms with Crippen LogP contribution in [0.25, 0.3) is 0 Å². The molecule has 7 heteroatoms. The largest absolute Gasteiger partial charge is 0.393 e. The average Bonchev–Trinajstić information content (AvgIpc) is 3.06. The van der Waals surface area contributed by atoms with Crippen LogP contribution >= 0.6 is 0 Å². The second kappa shape index (κ2) is 8.01. The third kappa shape index (κ3) is 4.61. The first kappa shape index (κ1) is 16.6. The van der Waals surface area contributed by atoms with E-state index in [9.17, 15) is 9.90 Å². The van der Waals surface area contributed by atoms with Crippen LogP contribution in [0.3, 0.4) is 0 Å². The highest BCUT2D eigenvalue weighted by Crippen LogP contribution is 2.31. The molecule has 0 bridgehead atoms. The Morgan fingerprint density at radius 1 is 1.42 bits per heavy atom. The summed E-state index contributed by atoms with van der Waals surface area (Å²) in [6.45, 7) is 0.681. The minimum absolute atomic E-state index is 0.0298. The third-order valence-electron chi connectivity index (χ3n) is 4.48. The molecular weight excluding hydrogens is 306 g/mol. The Balaban J connectivity index is 1.50. The Bertz CT molecular complexity index is 626. The zero-order valence-electron chi connectivity index (χ0n) is 13.6. The van der Waals surface area contributed by atoms with Crippen molar-refractivity contribution in [2.24, 2.45) is 5.92 Å². The number of amides is 1. The highest BCUT2D eigenvalue weighted by molar-refractivity contribution is 5.76. The molecule has 2 aromatic rings. The van der Waals surface area contributed by atoms with E-state index in [0.717, 1.165) is 25.0 Å². The summed E-state index contributed by atoms with van der Waals surface area (Å²) in [7, 11) is 0. The lowest BCUT2D eigenvalue weighted by molar-refractivity contribution is -0.123. The van der Waals surface area contributed by atoms with Gasteiger partial charge in [-0.25, -0.2) is 4.98 Å². The number of aliphatic hydroxyl groups is 1. The van der Waals surface area contributed by atoms with Gasteiger partial charge < -0.3 is 10.4 Å². The van der Waals surface area contributed by atoms with Gasteiger partial charge in [0, 0.05) is 37.3 Å². The Hall–Kier alpha value is -2.28. The SMILES string of the molecule is O=C(CCCn1cncn1)N[C@@H](Cc1ccccn1)C1CC(O)C1. The van der Waals surface area contributed by atoms with Crippen LogP contribution in [0.15, 0.2) is 37.1 Å². The van der Waals surface area contributed by atoms with Gasteiger partial charge in [0.25, 0.3) is 0 Å². The van der Waals surface area contributed by atoms with Gasteiger partial charge >= 0.3 is 0 Å². The second-order valence-corrected chi connectivity index (χ2v) is 6.35. The summed E-state index contributed by atoms with van der Waals surface area (Å²) in [6.07, 6.45) is 8.04. The van der Waals surface area contributed by atoms with E-state index < -0.39 is 0 Å². The smallest absolute Gasteiger partial charge is 0.220 e. The number of pyridine rings is 1. The molecule has 0 aromatic carbocycles. The van der Waals surface area contributed by atoms with E-state index in [4.69, 9.17) is 0 Å². The van der Waals surface area contributed by atoms with Crippen molar-refractivity contribution < 1.29 is 9.90 Å². The highest BCUT2D eigenvalue weighted by Gasteiger charge is 2.34. The number of aliphatic hydroxyl groups excluding tert-OH is 1. The molecule has 7 nitrogen and oxygen atoms in total. The fourth-order valence-corrected chi connectivity index (χ4v) is 3.07. The lowest BCUT2D eigenvalue weighted by Crippen LogP contribution is -2.48. The predicted octanol–water partition coefficient (Wildman–Crippen LogP) is 0.952. The number of nitrogens with one attached hydrogen (secondary N) is 1. The van der Waals surface area contributed by atoms with E-state index in [1.165, 1.54) is 6.33 Å². The Morgan fingerprint density at radius 2 is 2.29 bits per heavy atom. The number of hydrogen-bond donors (Lipinski definition) is 2. The first-order chi connectivity index (χ1) is 11.7. The predicted molar refractivity (Wildman–Crippen MR) is 87.9 cm³/mol. The van der Waals surface area contributed by atoms with E-state index in [2.05, 4.69) is 20.4 Å². The molecule has 0 aliphatic heterocycles. The Morgan fingerprint density at radius 3 is 2.96 bits per heavy atom. The van der Waals surface area contributed by atoms with Crippen LogP contribution < -0.4 is 5.32 Å². The van der Waals surface area contributed by atoms with Crippen molar-refractivity contribution in [1.29, 1.82) is 0 Å². The van der Waals surface area contributed by atoms with Crippen LogP contribution in [0, 0.1) is 5.92 Å². The quantitative estimate of drug-likeness (QED) is 0.752. The average molecular weight is 329 g/mol. The van der Waals surface area contributed by atoms with Crippen molar-refractivity contribution >= 4 is 5.91 Å². The lowest BCUT2D eigenvalue weighted by Gasteiger charge is -2.38. The zero-order valence-corrected chi connectivity index (χ0v) is 13.6. The van der Waals surface area contributed by atoms with Crippen molar-refractivity contribution in [3.63, 3.8) is 0 Å². The second-order valence-electron chi connectivity index (χ2n) is 6.35. The number of carbonyl (C=O) groups is 1. The number of hydrogen-bond acceptors (Lipinski definition) is 5.